The van der Waals surface area contributed by atoms with Gasteiger partial charge in [-0.25, -0.2) is 14.8 Å². The molecule has 316 valence electrons. The van der Waals surface area contributed by atoms with Crippen molar-refractivity contribution in [2.45, 2.75) is 75.0 Å². The molecule has 0 saturated carbocycles. The Kier molecular flexibility index (Phi) is 12.1. The summed E-state index contributed by atoms with van der Waals surface area (Å²) in [5.74, 6) is 1.96. The first-order chi connectivity index (χ1) is 29.9. The summed E-state index contributed by atoms with van der Waals surface area (Å²) in [4.78, 5) is 63.4. The number of ether oxygens (including phenoxy) is 2. The number of allylic oxidation sites excluding steroid dienone is 2. The predicted octanol–water partition coefficient (Wildman–Crippen LogP) is 7.65. The van der Waals surface area contributed by atoms with Crippen molar-refractivity contribution in [1.82, 2.24) is 40.0 Å². The van der Waals surface area contributed by atoms with Gasteiger partial charge in [0.25, 0.3) is 5.91 Å². The third-order valence-corrected chi connectivity index (χ3v) is 12.9. The fourth-order valence-corrected chi connectivity index (χ4v) is 9.68. The van der Waals surface area contributed by atoms with Crippen LogP contribution in [0, 0.1) is 0 Å². The number of imidazole rings is 2. The van der Waals surface area contributed by atoms with Gasteiger partial charge in [0, 0.05) is 26.2 Å². The molecule has 0 bridgehead atoms. The first-order valence-corrected chi connectivity index (χ1v) is 21.7. The molecule has 0 radical (unpaired) electrons. The van der Waals surface area contributed by atoms with E-state index in [1.807, 2.05) is 70.7 Å². The first-order valence-electron chi connectivity index (χ1n) is 21.7. The van der Waals surface area contributed by atoms with Gasteiger partial charge < -0.3 is 34.6 Å². The van der Waals surface area contributed by atoms with Crippen LogP contribution in [0.2, 0.25) is 0 Å². The molecule has 0 spiro atoms. The minimum Gasteiger partial charge on any atom is -0.453 e. The number of nitrogens with zero attached hydrogens (tertiary/aromatic N) is 5. The van der Waals surface area contributed by atoms with E-state index in [0.717, 1.165) is 92.2 Å². The second kappa shape index (κ2) is 18.3. The van der Waals surface area contributed by atoms with E-state index in [0.29, 0.717) is 37.8 Å². The largest absolute Gasteiger partial charge is 0.453 e. The Morgan fingerprint density at radius 2 is 1.34 bits per heavy atom. The Hall–Kier alpha value is -6.05. The number of carbonyl (C=O) groups excluding carboxylic acids is 3. The van der Waals surface area contributed by atoms with Gasteiger partial charge in [-0.3, -0.25) is 14.5 Å². The van der Waals surface area contributed by atoms with E-state index in [4.69, 9.17) is 19.4 Å². The molecule has 13 nitrogen and oxygen atoms in total. The van der Waals surface area contributed by atoms with Gasteiger partial charge in [0.2, 0.25) is 5.91 Å². The molecule has 2 aromatic heterocycles. The third-order valence-electron chi connectivity index (χ3n) is 12.9. The van der Waals surface area contributed by atoms with Gasteiger partial charge in [0.15, 0.2) is 0 Å². The molecule has 3 aliphatic heterocycles. The monoisotopic (exact) mass is 822 g/mol. The van der Waals surface area contributed by atoms with Gasteiger partial charge in [0.1, 0.15) is 23.7 Å². The van der Waals surface area contributed by atoms with E-state index < -0.39 is 12.1 Å². The molecule has 4 aliphatic rings. The summed E-state index contributed by atoms with van der Waals surface area (Å²) in [6.07, 6.45) is 11.8. The molecule has 9 rings (SSSR count). The summed E-state index contributed by atoms with van der Waals surface area (Å²) < 4.78 is 10.5. The average molecular weight is 823 g/mol. The average Bonchev–Trinajstić information content (AvgIpc) is 4.17. The lowest BCUT2D eigenvalue weighted by atomic mass is 9.83. The molecule has 5 heterocycles. The summed E-state index contributed by atoms with van der Waals surface area (Å²) in [5.41, 5.74) is 7.28. The number of likely N-dealkylation sites (tertiary alicyclic amines) is 2. The van der Waals surface area contributed by atoms with Crippen LogP contribution in [0.1, 0.15) is 109 Å². The first kappa shape index (κ1) is 40.4. The Balaban J connectivity index is 0.835. The van der Waals surface area contributed by atoms with E-state index in [2.05, 4.69) is 62.7 Å². The molecule has 3 N–H and O–H groups in total. The smallest absolute Gasteiger partial charge is 0.407 e. The highest BCUT2D eigenvalue weighted by Gasteiger charge is 2.40. The number of alkyl carbamates (subject to hydrolysis) is 1. The standard InChI is InChI=1S/C48H54N8O5/c1-60-48(59)53-42(36-10-4-2-5-11-36)46(57)55-24-8-14-40(55)44-49-30-38(51-44)34-20-16-32(17-21-34)33-18-22-35(23-19-33)39-31-50-45(52-39)41-15-9-25-56(41)47(58)43(37-12-6-3-7-13-37)54-26-28-61-29-27-54/h2-7,10-13,18-20,22-23,30-32,40-43H,8-9,14-17,21,24-29H2,1H3,(H,49,51)(H,50,52)(H,53,59)/t32?,40-,41-,42+,43+/m0/s1. The molecular formula is C48H54N8O5. The van der Waals surface area contributed by atoms with Crippen molar-refractivity contribution >= 4 is 23.5 Å². The molecule has 1 aliphatic carbocycles. The Morgan fingerprint density at radius 1 is 0.738 bits per heavy atom. The molecule has 5 atom stereocenters. The van der Waals surface area contributed by atoms with E-state index in [9.17, 15) is 14.4 Å². The Morgan fingerprint density at radius 3 is 1.97 bits per heavy atom. The zero-order valence-corrected chi connectivity index (χ0v) is 34.7. The molecule has 1 unspecified atom stereocenters. The van der Waals surface area contributed by atoms with Gasteiger partial charge >= 0.3 is 6.09 Å². The number of nitrogens with one attached hydrogen (secondary N) is 3. The van der Waals surface area contributed by atoms with Crippen LogP contribution < -0.4 is 5.32 Å². The number of H-pyrrole nitrogens is 2. The zero-order chi connectivity index (χ0) is 41.7. The lowest BCUT2D eigenvalue weighted by Gasteiger charge is -2.37. The van der Waals surface area contributed by atoms with Crippen molar-refractivity contribution in [3.63, 3.8) is 0 Å². The summed E-state index contributed by atoms with van der Waals surface area (Å²) in [7, 11) is 1.30. The Bertz CT molecular complexity index is 2320. The van der Waals surface area contributed by atoms with Crippen LogP contribution in [0.15, 0.2) is 103 Å². The fourth-order valence-electron chi connectivity index (χ4n) is 9.68. The number of benzene rings is 3. The van der Waals surface area contributed by atoms with Gasteiger partial charge in [-0.1, -0.05) is 91.0 Å². The van der Waals surface area contributed by atoms with Gasteiger partial charge in [-0.2, -0.15) is 0 Å². The number of rotatable bonds is 11. The van der Waals surface area contributed by atoms with Crippen molar-refractivity contribution < 1.29 is 23.9 Å². The van der Waals surface area contributed by atoms with Crippen LogP contribution >= 0.6 is 0 Å². The van der Waals surface area contributed by atoms with E-state index in [1.165, 1.54) is 18.2 Å². The molecule has 61 heavy (non-hydrogen) atoms. The molecule has 3 aromatic carbocycles. The lowest BCUT2D eigenvalue weighted by molar-refractivity contribution is -0.140. The van der Waals surface area contributed by atoms with E-state index >= 15 is 0 Å². The molecule has 3 amide bonds. The van der Waals surface area contributed by atoms with Crippen LogP contribution in [0.3, 0.4) is 0 Å². The fraction of sp³-hybridized carbons (Fsp3) is 0.396. The Labute approximate surface area is 356 Å². The minimum atomic E-state index is -0.854. The lowest BCUT2D eigenvalue weighted by Crippen LogP contribution is -2.47. The van der Waals surface area contributed by atoms with Crippen LogP contribution in [-0.4, -0.2) is 99.0 Å². The number of aromatic amines is 2. The SMILES string of the molecule is COC(=O)N[C@@H](C(=O)N1CCC[C@H]1c1ncc(C2=CCC(c3ccc(-c4cnc([C@@H]5CCCN5C(=O)[C@@H](c5ccccc5)N5CCOCC5)[nH]4)cc3)CC2)[nH]1)c1ccccc1. The normalized spacial score (nSPS) is 21.8. The molecule has 5 aromatic rings. The number of hydrogen-bond donors (Lipinski definition) is 3. The van der Waals surface area contributed by atoms with Crippen molar-refractivity contribution in [3.05, 3.63) is 137 Å². The maximum Gasteiger partial charge on any atom is 0.407 e. The second-order valence-corrected chi connectivity index (χ2v) is 16.5. The van der Waals surface area contributed by atoms with Crippen LogP contribution in [-0.2, 0) is 19.1 Å². The van der Waals surface area contributed by atoms with Crippen molar-refractivity contribution in [1.29, 1.82) is 0 Å². The number of amides is 3. The maximum absolute atomic E-state index is 14.3. The van der Waals surface area contributed by atoms with Crippen molar-refractivity contribution in [2.24, 2.45) is 0 Å². The van der Waals surface area contributed by atoms with Gasteiger partial charge in [-0.05, 0) is 78.7 Å². The third kappa shape index (κ3) is 8.62. The maximum atomic E-state index is 14.3. The quantitative estimate of drug-likeness (QED) is 0.123. The second-order valence-electron chi connectivity index (χ2n) is 16.5. The van der Waals surface area contributed by atoms with Gasteiger partial charge in [0.05, 0.1) is 56.2 Å². The highest BCUT2D eigenvalue weighted by atomic mass is 16.5. The molecular weight excluding hydrogens is 769 g/mol. The number of methoxy groups -OCH3 is 1. The van der Waals surface area contributed by atoms with Crippen molar-refractivity contribution in [3.8, 4) is 11.3 Å². The van der Waals surface area contributed by atoms with Crippen LogP contribution in [0.4, 0.5) is 4.79 Å². The number of morpholine rings is 1. The minimum absolute atomic E-state index is 0.0936. The number of aromatic nitrogens is 4. The van der Waals surface area contributed by atoms with Gasteiger partial charge in [-0.15, -0.1) is 0 Å². The summed E-state index contributed by atoms with van der Waals surface area (Å²) in [5, 5.41) is 2.74. The number of carbonyl (C=O) groups is 3. The summed E-state index contributed by atoms with van der Waals surface area (Å²) in [6, 6.07) is 26.7. The predicted molar refractivity (Wildman–Crippen MR) is 231 cm³/mol. The number of hydrogen-bond acceptors (Lipinski definition) is 8. The summed E-state index contributed by atoms with van der Waals surface area (Å²) >= 11 is 0. The topological polar surface area (TPSA) is 149 Å². The summed E-state index contributed by atoms with van der Waals surface area (Å²) in [6.45, 7) is 4.03. The molecule has 13 heteroatoms. The van der Waals surface area contributed by atoms with E-state index in [-0.39, 0.29) is 29.9 Å². The zero-order valence-electron chi connectivity index (χ0n) is 34.7. The highest BCUT2D eigenvalue weighted by Crippen LogP contribution is 2.39. The van der Waals surface area contributed by atoms with Crippen LogP contribution in [0.5, 0.6) is 0 Å². The van der Waals surface area contributed by atoms with E-state index in [1.54, 1.807) is 0 Å². The van der Waals surface area contributed by atoms with Crippen LogP contribution in [0.25, 0.3) is 16.8 Å². The van der Waals surface area contributed by atoms with Crippen molar-refractivity contribution in [2.75, 3.05) is 46.5 Å². The highest BCUT2D eigenvalue weighted by molar-refractivity contribution is 5.87. The molecule has 3 fully saturated rings. The molecule has 3 saturated heterocycles.